The number of rotatable bonds is 13. The Hall–Kier alpha value is -4.05. The van der Waals surface area contributed by atoms with E-state index in [-0.39, 0.29) is 29.1 Å². The van der Waals surface area contributed by atoms with Crippen LogP contribution in [0.4, 0.5) is 5.69 Å². The number of hydrogen-bond acceptors (Lipinski definition) is 6. The molecule has 1 N–H and O–H groups in total. The predicted octanol–water partition coefficient (Wildman–Crippen LogP) is 4.77. The van der Waals surface area contributed by atoms with E-state index in [4.69, 9.17) is 9.47 Å². The molecule has 1 saturated carbocycles. The van der Waals surface area contributed by atoms with Gasteiger partial charge in [0.2, 0.25) is 11.8 Å². The van der Waals surface area contributed by atoms with Gasteiger partial charge in [-0.2, -0.15) is 0 Å². The van der Waals surface area contributed by atoms with E-state index in [1.54, 1.807) is 61.7 Å². The van der Waals surface area contributed by atoms with Gasteiger partial charge in [-0.3, -0.25) is 13.9 Å². The zero-order chi connectivity index (χ0) is 30.1. The van der Waals surface area contributed by atoms with Crippen molar-refractivity contribution >= 4 is 27.5 Å². The summed E-state index contributed by atoms with van der Waals surface area (Å²) in [6.45, 7) is 1.47. The molecule has 42 heavy (non-hydrogen) atoms. The van der Waals surface area contributed by atoms with Crippen LogP contribution in [-0.4, -0.2) is 58.0 Å². The number of hydrogen-bond donors (Lipinski definition) is 1. The molecular formula is C32H39N3O6S. The Kier molecular flexibility index (Phi) is 10.5. The van der Waals surface area contributed by atoms with E-state index in [0.29, 0.717) is 17.9 Å². The highest BCUT2D eigenvalue weighted by molar-refractivity contribution is 7.92. The third-order valence-corrected chi connectivity index (χ3v) is 9.34. The van der Waals surface area contributed by atoms with Gasteiger partial charge < -0.3 is 19.7 Å². The third kappa shape index (κ3) is 7.42. The Bertz CT molecular complexity index is 1440. The zero-order valence-electron chi connectivity index (χ0n) is 24.4. The molecule has 0 aromatic heterocycles. The highest BCUT2D eigenvalue weighted by atomic mass is 32.2. The monoisotopic (exact) mass is 593 g/mol. The van der Waals surface area contributed by atoms with Gasteiger partial charge >= 0.3 is 0 Å². The average Bonchev–Trinajstić information content (AvgIpc) is 3.53. The van der Waals surface area contributed by atoms with E-state index in [1.807, 2.05) is 19.1 Å². The summed E-state index contributed by atoms with van der Waals surface area (Å²) in [7, 11) is -1.08. The van der Waals surface area contributed by atoms with Crippen molar-refractivity contribution in [3.05, 3.63) is 84.4 Å². The molecule has 1 fully saturated rings. The largest absolute Gasteiger partial charge is 0.497 e. The Balaban J connectivity index is 1.71. The molecule has 3 aromatic rings. The fourth-order valence-corrected chi connectivity index (χ4v) is 6.66. The number of carbonyl (C=O) groups is 2. The van der Waals surface area contributed by atoms with Crippen LogP contribution in [0.5, 0.6) is 11.5 Å². The summed E-state index contributed by atoms with van der Waals surface area (Å²) in [4.78, 5) is 29.3. The first-order valence-corrected chi connectivity index (χ1v) is 15.7. The van der Waals surface area contributed by atoms with Crippen LogP contribution >= 0.6 is 0 Å². The minimum absolute atomic E-state index is 0.0494. The quantitative estimate of drug-likeness (QED) is 0.306. The summed E-state index contributed by atoms with van der Waals surface area (Å²) >= 11 is 0. The van der Waals surface area contributed by atoms with Crippen molar-refractivity contribution in [3.63, 3.8) is 0 Å². The molecule has 3 aromatic carbocycles. The van der Waals surface area contributed by atoms with Crippen LogP contribution in [0.25, 0.3) is 0 Å². The van der Waals surface area contributed by atoms with Gasteiger partial charge in [0.1, 0.15) is 24.1 Å². The molecule has 10 heteroatoms. The van der Waals surface area contributed by atoms with Crippen LogP contribution < -0.4 is 19.1 Å². The van der Waals surface area contributed by atoms with Crippen molar-refractivity contribution in [2.75, 3.05) is 25.1 Å². The predicted molar refractivity (Wildman–Crippen MR) is 162 cm³/mol. The normalized spacial score (nSPS) is 14.2. The smallest absolute Gasteiger partial charge is 0.264 e. The first kappa shape index (κ1) is 30.9. The molecule has 0 bridgehead atoms. The number of benzene rings is 3. The Labute approximate surface area is 248 Å². The van der Waals surface area contributed by atoms with Gasteiger partial charge in [-0.05, 0) is 61.2 Å². The van der Waals surface area contributed by atoms with Gasteiger partial charge in [-0.1, -0.05) is 56.2 Å². The van der Waals surface area contributed by atoms with E-state index < -0.39 is 28.5 Å². The zero-order valence-corrected chi connectivity index (χ0v) is 25.2. The van der Waals surface area contributed by atoms with E-state index in [9.17, 15) is 18.0 Å². The average molecular weight is 594 g/mol. The Morgan fingerprint density at radius 2 is 1.57 bits per heavy atom. The van der Waals surface area contributed by atoms with Crippen LogP contribution in [0.3, 0.4) is 0 Å². The van der Waals surface area contributed by atoms with Crippen molar-refractivity contribution in [2.24, 2.45) is 0 Å². The van der Waals surface area contributed by atoms with E-state index in [1.165, 1.54) is 24.1 Å². The molecule has 0 radical (unpaired) electrons. The second-order valence-corrected chi connectivity index (χ2v) is 12.2. The van der Waals surface area contributed by atoms with Crippen molar-refractivity contribution in [3.8, 4) is 11.5 Å². The lowest BCUT2D eigenvalue weighted by Gasteiger charge is -2.34. The summed E-state index contributed by atoms with van der Waals surface area (Å²) in [6.07, 6.45) is 4.30. The first-order chi connectivity index (χ1) is 20.3. The molecule has 9 nitrogen and oxygen atoms in total. The summed E-state index contributed by atoms with van der Waals surface area (Å²) in [5.41, 5.74) is 1.06. The van der Waals surface area contributed by atoms with Crippen molar-refractivity contribution in [1.82, 2.24) is 10.2 Å². The highest BCUT2D eigenvalue weighted by Crippen LogP contribution is 2.28. The lowest BCUT2D eigenvalue weighted by Crippen LogP contribution is -2.53. The molecule has 1 atom stereocenters. The van der Waals surface area contributed by atoms with Crippen LogP contribution in [0, 0.1) is 0 Å². The number of methoxy groups -OCH3 is 2. The molecule has 2 amide bonds. The van der Waals surface area contributed by atoms with Gasteiger partial charge in [0.25, 0.3) is 10.0 Å². The highest BCUT2D eigenvalue weighted by Gasteiger charge is 2.34. The summed E-state index contributed by atoms with van der Waals surface area (Å²) < 4.78 is 39.6. The molecule has 0 spiro atoms. The van der Waals surface area contributed by atoms with Gasteiger partial charge in [0, 0.05) is 18.7 Å². The van der Waals surface area contributed by atoms with E-state index >= 15 is 0 Å². The summed E-state index contributed by atoms with van der Waals surface area (Å²) in [5.74, 6) is 0.387. The minimum Gasteiger partial charge on any atom is -0.497 e. The number of nitrogens with one attached hydrogen (secondary N) is 1. The first-order valence-electron chi connectivity index (χ1n) is 14.2. The SMILES string of the molecule is CCC(C(=O)NC1CCCC1)N(Cc1ccc(OC)cc1)C(=O)CN(c1cccc(OC)c1)S(=O)(=O)c1ccccc1. The maximum atomic E-state index is 14.2. The molecule has 1 aliphatic carbocycles. The molecule has 0 heterocycles. The lowest BCUT2D eigenvalue weighted by atomic mass is 10.1. The summed E-state index contributed by atoms with van der Waals surface area (Å²) in [6, 6.07) is 21.1. The molecule has 224 valence electrons. The molecule has 0 aliphatic heterocycles. The number of carbonyl (C=O) groups excluding carboxylic acids is 2. The van der Waals surface area contributed by atoms with Crippen LogP contribution in [-0.2, 0) is 26.2 Å². The van der Waals surface area contributed by atoms with E-state index in [2.05, 4.69) is 5.32 Å². The maximum Gasteiger partial charge on any atom is 0.264 e. The fourth-order valence-electron chi connectivity index (χ4n) is 5.23. The van der Waals surface area contributed by atoms with Crippen molar-refractivity contribution < 1.29 is 27.5 Å². The second kappa shape index (κ2) is 14.2. The van der Waals surface area contributed by atoms with Crippen LogP contribution in [0.15, 0.2) is 83.8 Å². The molecule has 0 saturated heterocycles. The fraction of sp³-hybridized carbons (Fsp3) is 0.375. The summed E-state index contributed by atoms with van der Waals surface area (Å²) in [5, 5.41) is 3.12. The van der Waals surface area contributed by atoms with Crippen LogP contribution in [0.2, 0.25) is 0 Å². The molecule has 1 aliphatic rings. The lowest BCUT2D eigenvalue weighted by molar-refractivity contribution is -0.140. The second-order valence-electron chi connectivity index (χ2n) is 10.3. The third-order valence-electron chi connectivity index (χ3n) is 7.55. The van der Waals surface area contributed by atoms with Crippen molar-refractivity contribution in [1.29, 1.82) is 0 Å². The van der Waals surface area contributed by atoms with Crippen LogP contribution in [0.1, 0.15) is 44.6 Å². The maximum absolute atomic E-state index is 14.2. The van der Waals surface area contributed by atoms with Gasteiger partial charge in [0.05, 0.1) is 24.8 Å². The van der Waals surface area contributed by atoms with E-state index in [0.717, 1.165) is 35.6 Å². The number of nitrogens with zero attached hydrogens (tertiary/aromatic N) is 2. The number of amides is 2. The molecular weight excluding hydrogens is 554 g/mol. The minimum atomic E-state index is -4.15. The Morgan fingerprint density at radius 1 is 0.905 bits per heavy atom. The number of sulfonamides is 1. The number of ether oxygens (including phenoxy) is 2. The molecule has 1 unspecified atom stereocenters. The Morgan fingerprint density at radius 3 is 2.19 bits per heavy atom. The van der Waals surface area contributed by atoms with Gasteiger partial charge in [-0.25, -0.2) is 8.42 Å². The topological polar surface area (TPSA) is 105 Å². The standard InChI is InChI=1S/C32H39N3O6S/c1-4-30(32(37)33-25-11-8-9-12-25)34(22-24-17-19-27(40-2)20-18-24)31(36)23-35(26-13-10-14-28(21-26)41-3)42(38,39)29-15-6-5-7-16-29/h5-7,10,13-21,25,30H,4,8-9,11-12,22-23H2,1-3H3,(H,33,37). The van der Waals surface area contributed by atoms with Gasteiger partial charge in [0.15, 0.2) is 0 Å². The molecule has 4 rings (SSSR count). The van der Waals surface area contributed by atoms with Crippen molar-refractivity contribution in [2.45, 2.75) is 62.6 Å². The number of anilines is 1. The van der Waals surface area contributed by atoms with Gasteiger partial charge in [-0.15, -0.1) is 0 Å².